The molecule has 0 aromatic heterocycles. The van der Waals surface area contributed by atoms with Crippen molar-refractivity contribution in [3.05, 3.63) is 29.8 Å². The summed E-state index contributed by atoms with van der Waals surface area (Å²) in [5.41, 5.74) is -0.181. The Labute approximate surface area is 126 Å². The first-order chi connectivity index (χ1) is 10.5. The van der Waals surface area contributed by atoms with E-state index in [1.807, 2.05) is 0 Å². The number of ether oxygens (including phenoxy) is 3. The van der Waals surface area contributed by atoms with E-state index in [9.17, 15) is 18.4 Å². The van der Waals surface area contributed by atoms with Gasteiger partial charge in [0.2, 0.25) is 0 Å². The van der Waals surface area contributed by atoms with E-state index in [-0.39, 0.29) is 17.9 Å². The molecular weight excluding hydrogens is 300 g/mol. The summed E-state index contributed by atoms with van der Waals surface area (Å²) in [6.45, 7) is -1.11. The van der Waals surface area contributed by atoms with Crippen LogP contribution in [-0.4, -0.2) is 44.9 Å². The summed E-state index contributed by atoms with van der Waals surface area (Å²) in [5, 5.41) is 2.49. The fourth-order valence-corrected chi connectivity index (χ4v) is 1.53. The molecule has 0 saturated heterocycles. The predicted octanol–water partition coefficient (Wildman–Crippen LogP) is 1.60. The summed E-state index contributed by atoms with van der Waals surface area (Å²) in [4.78, 5) is 23.6. The first kappa shape index (κ1) is 17.8. The van der Waals surface area contributed by atoms with Gasteiger partial charge in [-0.05, 0) is 19.1 Å². The van der Waals surface area contributed by atoms with Gasteiger partial charge in [-0.1, -0.05) is 12.1 Å². The topological polar surface area (TPSA) is 73.9 Å². The van der Waals surface area contributed by atoms with Gasteiger partial charge in [-0.25, -0.2) is 4.79 Å². The maximum absolute atomic E-state index is 12.3. The molecule has 22 heavy (non-hydrogen) atoms. The fraction of sp³-hybridized carbons (Fsp3) is 0.429. The molecule has 1 atom stereocenters. The van der Waals surface area contributed by atoms with Gasteiger partial charge in [0.25, 0.3) is 5.91 Å². The number of hydrogen-bond donors (Lipinski definition) is 1. The molecule has 0 fully saturated rings. The molecule has 1 aromatic carbocycles. The normalized spacial score (nSPS) is 11.9. The Morgan fingerprint density at radius 3 is 2.59 bits per heavy atom. The number of halogens is 2. The fourth-order valence-electron chi connectivity index (χ4n) is 1.53. The smallest absolute Gasteiger partial charge is 0.387 e. The van der Waals surface area contributed by atoms with Crippen LogP contribution in [-0.2, 0) is 14.3 Å². The van der Waals surface area contributed by atoms with E-state index in [2.05, 4.69) is 10.1 Å². The highest BCUT2D eigenvalue weighted by Gasteiger charge is 2.22. The van der Waals surface area contributed by atoms with Crippen LogP contribution in [0.25, 0.3) is 0 Å². The second kappa shape index (κ2) is 8.93. The number of nitrogens with one attached hydrogen (secondary N) is 1. The monoisotopic (exact) mass is 317 g/mol. The molecule has 0 heterocycles. The Hall–Kier alpha value is -2.22. The molecule has 0 aliphatic carbocycles. The van der Waals surface area contributed by atoms with Crippen LogP contribution in [0.5, 0.6) is 5.75 Å². The molecule has 0 saturated carbocycles. The quantitative estimate of drug-likeness (QED) is 0.582. The minimum atomic E-state index is -3.07. The van der Waals surface area contributed by atoms with Gasteiger partial charge in [0.15, 0.2) is 6.10 Å². The van der Waals surface area contributed by atoms with Crippen LogP contribution in [0.15, 0.2) is 24.3 Å². The maximum Gasteiger partial charge on any atom is 0.387 e. The van der Waals surface area contributed by atoms with Gasteiger partial charge in [-0.3, -0.25) is 4.79 Å². The third-order valence-electron chi connectivity index (χ3n) is 2.58. The number of carbonyl (C=O) groups excluding carboxylic acids is 2. The van der Waals surface area contributed by atoms with Crippen LogP contribution in [0, 0.1) is 0 Å². The van der Waals surface area contributed by atoms with Crippen molar-refractivity contribution in [2.75, 3.05) is 20.3 Å². The predicted molar refractivity (Wildman–Crippen MR) is 72.8 cm³/mol. The molecular formula is C14H17F2NO5. The summed E-state index contributed by atoms with van der Waals surface area (Å²) >= 11 is 0. The lowest BCUT2D eigenvalue weighted by atomic mass is 10.2. The second-order valence-corrected chi connectivity index (χ2v) is 4.21. The first-order valence-electron chi connectivity index (χ1n) is 6.47. The number of esters is 1. The molecule has 0 aliphatic heterocycles. The molecule has 122 valence electrons. The Morgan fingerprint density at radius 1 is 1.27 bits per heavy atom. The lowest BCUT2D eigenvalue weighted by Crippen LogP contribution is -2.37. The van der Waals surface area contributed by atoms with E-state index in [0.29, 0.717) is 6.61 Å². The number of methoxy groups -OCH3 is 1. The SMILES string of the molecule is COCCNC(=O)[C@H](C)OC(=O)c1ccccc1OC(F)F. The first-order valence-corrected chi connectivity index (χ1v) is 6.47. The highest BCUT2D eigenvalue weighted by molar-refractivity contribution is 5.94. The van der Waals surface area contributed by atoms with Crippen LogP contribution in [0.4, 0.5) is 8.78 Å². The lowest BCUT2D eigenvalue weighted by molar-refractivity contribution is -0.129. The largest absolute Gasteiger partial charge is 0.449 e. The zero-order valence-electron chi connectivity index (χ0n) is 12.2. The maximum atomic E-state index is 12.3. The third kappa shape index (κ3) is 5.65. The average molecular weight is 317 g/mol. The minimum absolute atomic E-state index is 0.181. The lowest BCUT2D eigenvalue weighted by Gasteiger charge is -2.15. The van der Waals surface area contributed by atoms with E-state index < -0.39 is 24.6 Å². The molecule has 1 aromatic rings. The van der Waals surface area contributed by atoms with Crippen LogP contribution in [0.2, 0.25) is 0 Å². The zero-order valence-corrected chi connectivity index (χ0v) is 12.2. The number of rotatable bonds is 8. The Balaban J connectivity index is 2.66. The molecule has 0 aliphatic rings. The van der Waals surface area contributed by atoms with E-state index in [0.717, 1.165) is 0 Å². The number of amides is 1. The van der Waals surface area contributed by atoms with Gasteiger partial charge >= 0.3 is 12.6 Å². The summed E-state index contributed by atoms with van der Waals surface area (Å²) in [5.74, 6) is -1.75. The molecule has 0 unspecified atom stereocenters. The molecule has 6 nitrogen and oxygen atoms in total. The van der Waals surface area contributed by atoms with Gasteiger partial charge in [-0.2, -0.15) is 8.78 Å². The molecule has 1 rings (SSSR count). The van der Waals surface area contributed by atoms with Crippen LogP contribution < -0.4 is 10.1 Å². The number of para-hydroxylation sites is 1. The number of carbonyl (C=O) groups is 2. The Bertz CT molecular complexity index is 510. The van der Waals surface area contributed by atoms with Crippen LogP contribution in [0.1, 0.15) is 17.3 Å². The number of benzene rings is 1. The van der Waals surface area contributed by atoms with Gasteiger partial charge < -0.3 is 19.5 Å². The van der Waals surface area contributed by atoms with E-state index in [1.54, 1.807) is 0 Å². The Kier molecular flexibility index (Phi) is 7.24. The highest BCUT2D eigenvalue weighted by Crippen LogP contribution is 2.21. The summed E-state index contributed by atoms with van der Waals surface area (Å²) in [6, 6.07) is 5.40. The number of hydrogen-bond acceptors (Lipinski definition) is 5. The number of alkyl halides is 2. The molecule has 1 amide bonds. The van der Waals surface area contributed by atoms with Crippen molar-refractivity contribution in [2.45, 2.75) is 19.6 Å². The molecule has 1 N–H and O–H groups in total. The van der Waals surface area contributed by atoms with Crippen molar-refractivity contribution < 1.29 is 32.6 Å². The molecule has 8 heteroatoms. The summed E-state index contributed by atoms with van der Waals surface area (Å²) < 4.78 is 38.5. The van der Waals surface area contributed by atoms with Gasteiger partial charge in [-0.15, -0.1) is 0 Å². The van der Waals surface area contributed by atoms with Crippen molar-refractivity contribution in [3.8, 4) is 5.75 Å². The van der Waals surface area contributed by atoms with Crippen molar-refractivity contribution in [3.63, 3.8) is 0 Å². The van der Waals surface area contributed by atoms with Gasteiger partial charge in [0.1, 0.15) is 11.3 Å². The minimum Gasteiger partial charge on any atom is -0.449 e. The van der Waals surface area contributed by atoms with Crippen LogP contribution >= 0.6 is 0 Å². The second-order valence-electron chi connectivity index (χ2n) is 4.21. The van der Waals surface area contributed by atoms with Gasteiger partial charge in [0, 0.05) is 13.7 Å². The van der Waals surface area contributed by atoms with Crippen molar-refractivity contribution in [1.82, 2.24) is 5.32 Å². The van der Waals surface area contributed by atoms with Gasteiger partial charge in [0.05, 0.1) is 6.61 Å². The van der Waals surface area contributed by atoms with Crippen molar-refractivity contribution in [2.24, 2.45) is 0 Å². The average Bonchev–Trinajstić information content (AvgIpc) is 2.47. The van der Waals surface area contributed by atoms with E-state index in [4.69, 9.17) is 9.47 Å². The highest BCUT2D eigenvalue weighted by atomic mass is 19.3. The van der Waals surface area contributed by atoms with E-state index in [1.165, 1.54) is 38.3 Å². The van der Waals surface area contributed by atoms with Crippen molar-refractivity contribution in [1.29, 1.82) is 0 Å². The van der Waals surface area contributed by atoms with E-state index >= 15 is 0 Å². The Morgan fingerprint density at radius 2 is 1.95 bits per heavy atom. The molecule has 0 bridgehead atoms. The van der Waals surface area contributed by atoms with Crippen molar-refractivity contribution >= 4 is 11.9 Å². The summed E-state index contributed by atoms with van der Waals surface area (Å²) in [7, 11) is 1.48. The zero-order chi connectivity index (χ0) is 16.5. The standard InChI is InChI=1S/C14H17F2NO5/c1-9(12(18)17-7-8-20-2)21-13(19)10-5-3-4-6-11(10)22-14(15)16/h3-6,9,14H,7-8H2,1-2H3,(H,17,18)/t9-/m0/s1. The van der Waals surface area contributed by atoms with Crippen LogP contribution in [0.3, 0.4) is 0 Å². The molecule has 0 radical (unpaired) electrons. The third-order valence-corrected chi connectivity index (χ3v) is 2.58. The molecule has 0 spiro atoms. The summed E-state index contributed by atoms with van der Waals surface area (Å²) in [6.07, 6.45) is -1.08.